The summed E-state index contributed by atoms with van der Waals surface area (Å²) in [5.74, 6) is -0.351. The van der Waals surface area contributed by atoms with Crippen molar-refractivity contribution in [2.24, 2.45) is 0 Å². The number of carbonyl (C=O) groups is 2. The number of amides is 2. The van der Waals surface area contributed by atoms with Crippen LogP contribution in [-0.4, -0.2) is 32.2 Å². The summed E-state index contributed by atoms with van der Waals surface area (Å²) >= 11 is 0. The predicted octanol–water partition coefficient (Wildman–Crippen LogP) is 1.72. The average molecular weight is 284 g/mol. The van der Waals surface area contributed by atoms with Gasteiger partial charge in [-0.1, -0.05) is 6.07 Å². The number of nitrogens with zero attached hydrogens (tertiary/aromatic N) is 3. The molecule has 0 spiro atoms. The Labute approximate surface area is 120 Å². The summed E-state index contributed by atoms with van der Waals surface area (Å²) in [6.07, 6.45) is 0.545. The first-order valence-corrected chi connectivity index (χ1v) is 6.32. The van der Waals surface area contributed by atoms with Crippen LogP contribution in [0.15, 0.2) is 36.5 Å². The maximum atomic E-state index is 12.0. The first-order valence-electron chi connectivity index (χ1n) is 6.32. The number of benzene rings is 1. The number of aromatic nitrogens is 2. The van der Waals surface area contributed by atoms with E-state index in [1.54, 1.807) is 24.3 Å². The lowest BCUT2D eigenvalue weighted by molar-refractivity contribution is 0.102. The monoisotopic (exact) mass is 284 g/mol. The van der Waals surface area contributed by atoms with Crippen LogP contribution >= 0.6 is 0 Å². The van der Waals surface area contributed by atoms with Crippen LogP contribution in [0.1, 0.15) is 21.6 Å². The molecule has 7 heteroatoms. The summed E-state index contributed by atoms with van der Waals surface area (Å²) in [6, 6.07) is 8.56. The van der Waals surface area contributed by atoms with Gasteiger partial charge in [-0.15, -0.1) is 5.10 Å². The Kier molecular flexibility index (Phi) is 3.23. The summed E-state index contributed by atoms with van der Waals surface area (Å²) in [6.45, 7) is 0.711. The fraction of sp³-hybridized carbons (Fsp3) is 0.143. The highest BCUT2D eigenvalue weighted by Crippen LogP contribution is 2.25. The largest absolute Gasteiger partial charge is 0.465 e. The molecule has 2 aromatic rings. The molecular formula is C14H12N4O3. The molecule has 0 radical (unpaired) electrons. The van der Waals surface area contributed by atoms with Crippen molar-refractivity contribution < 1.29 is 14.7 Å². The lowest BCUT2D eigenvalue weighted by Crippen LogP contribution is -2.22. The van der Waals surface area contributed by atoms with Crippen molar-refractivity contribution in [1.29, 1.82) is 0 Å². The smallest absolute Gasteiger partial charge is 0.407 e. The highest BCUT2D eigenvalue weighted by atomic mass is 16.4. The number of anilines is 1. The van der Waals surface area contributed by atoms with Crippen molar-refractivity contribution in [1.82, 2.24) is 15.1 Å². The van der Waals surface area contributed by atoms with Crippen LogP contribution in [0.4, 0.5) is 10.5 Å². The number of rotatable bonds is 2. The Morgan fingerprint density at radius 2 is 2.00 bits per heavy atom. The Balaban J connectivity index is 1.76. The first-order chi connectivity index (χ1) is 10.1. The van der Waals surface area contributed by atoms with Crippen molar-refractivity contribution in [3.8, 4) is 0 Å². The van der Waals surface area contributed by atoms with Crippen LogP contribution in [0.25, 0.3) is 0 Å². The topological polar surface area (TPSA) is 95.4 Å². The minimum Gasteiger partial charge on any atom is -0.465 e. The average Bonchev–Trinajstić information content (AvgIpc) is 2.91. The van der Waals surface area contributed by atoms with Crippen LogP contribution in [-0.2, 0) is 13.1 Å². The van der Waals surface area contributed by atoms with Gasteiger partial charge in [0.05, 0.1) is 0 Å². The normalized spacial score (nSPS) is 12.9. The molecule has 2 amide bonds. The van der Waals surface area contributed by atoms with E-state index in [1.807, 2.05) is 6.07 Å². The Morgan fingerprint density at radius 3 is 2.71 bits per heavy atom. The van der Waals surface area contributed by atoms with Gasteiger partial charge < -0.3 is 10.4 Å². The molecule has 1 aromatic carbocycles. The van der Waals surface area contributed by atoms with Crippen molar-refractivity contribution in [3.63, 3.8) is 0 Å². The van der Waals surface area contributed by atoms with Crippen molar-refractivity contribution >= 4 is 17.7 Å². The highest BCUT2D eigenvalue weighted by molar-refractivity contribution is 6.02. The Hall–Kier alpha value is -2.96. The van der Waals surface area contributed by atoms with Crippen LogP contribution in [0, 0.1) is 0 Å². The molecule has 0 aliphatic carbocycles. The standard InChI is InChI=1S/C14H12N4O3/c19-13(12-2-1-5-15-17-12)16-11-4-3-9-7-18(14(20)21)8-10(9)6-11/h1-6H,7-8H2,(H,16,19)(H,20,21). The van der Waals surface area contributed by atoms with Crippen molar-refractivity contribution in [3.05, 3.63) is 53.3 Å². The zero-order valence-corrected chi connectivity index (χ0v) is 11.0. The van der Waals surface area contributed by atoms with E-state index in [0.29, 0.717) is 18.8 Å². The van der Waals surface area contributed by atoms with Crippen LogP contribution < -0.4 is 5.32 Å². The minimum absolute atomic E-state index is 0.227. The molecule has 3 rings (SSSR count). The van der Waals surface area contributed by atoms with E-state index in [0.717, 1.165) is 11.1 Å². The fourth-order valence-electron chi connectivity index (χ4n) is 2.23. The number of carbonyl (C=O) groups excluding carboxylic acids is 1. The van der Waals surface area contributed by atoms with Gasteiger partial charge >= 0.3 is 6.09 Å². The zero-order valence-electron chi connectivity index (χ0n) is 11.0. The maximum absolute atomic E-state index is 12.0. The van der Waals surface area contributed by atoms with Gasteiger partial charge in [-0.3, -0.25) is 9.69 Å². The molecule has 2 heterocycles. The van der Waals surface area contributed by atoms with Crippen LogP contribution in [0.3, 0.4) is 0 Å². The lowest BCUT2D eigenvalue weighted by atomic mass is 10.1. The molecule has 0 saturated carbocycles. The van der Waals surface area contributed by atoms with Crippen LogP contribution in [0.5, 0.6) is 0 Å². The summed E-state index contributed by atoms with van der Waals surface area (Å²) in [4.78, 5) is 24.2. The van der Waals surface area contributed by atoms with Gasteiger partial charge in [0.2, 0.25) is 0 Å². The number of hydrogen-bond donors (Lipinski definition) is 2. The minimum atomic E-state index is -0.948. The van der Waals surface area contributed by atoms with E-state index in [1.165, 1.54) is 11.1 Å². The summed E-state index contributed by atoms with van der Waals surface area (Å²) in [7, 11) is 0. The molecular weight excluding hydrogens is 272 g/mol. The fourth-order valence-corrected chi connectivity index (χ4v) is 2.23. The molecule has 0 atom stereocenters. The quantitative estimate of drug-likeness (QED) is 0.875. The third kappa shape index (κ3) is 2.66. The highest BCUT2D eigenvalue weighted by Gasteiger charge is 2.23. The van der Waals surface area contributed by atoms with Crippen molar-refractivity contribution in [2.75, 3.05) is 5.32 Å². The predicted molar refractivity (Wildman–Crippen MR) is 73.7 cm³/mol. The van der Waals surface area contributed by atoms with Gasteiger partial charge in [-0.25, -0.2) is 4.79 Å². The molecule has 1 aromatic heterocycles. The number of nitrogens with one attached hydrogen (secondary N) is 1. The second-order valence-electron chi connectivity index (χ2n) is 4.69. The SMILES string of the molecule is O=C(Nc1ccc2c(c1)CN(C(=O)O)C2)c1cccnn1. The number of fused-ring (bicyclic) bond motifs is 1. The molecule has 1 aliphatic heterocycles. The third-order valence-electron chi connectivity index (χ3n) is 3.26. The molecule has 1 aliphatic rings. The Morgan fingerprint density at radius 1 is 1.19 bits per heavy atom. The summed E-state index contributed by atoms with van der Waals surface area (Å²) < 4.78 is 0. The van der Waals surface area contributed by atoms with Crippen LogP contribution in [0.2, 0.25) is 0 Å². The maximum Gasteiger partial charge on any atom is 0.407 e. The van der Waals surface area contributed by atoms with Gasteiger partial charge in [-0.05, 0) is 35.4 Å². The molecule has 21 heavy (non-hydrogen) atoms. The second kappa shape index (κ2) is 5.20. The molecule has 0 saturated heterocycles. The van der Waals surface area contributed by atoms with E-state index in [2.05, 4.69) is 15.5 Å². The van der Waals surface area contributed by atoms with Gasteiger partial charge in [0.1, 0.15) is 0 Å². The van der Waals surface area contributed by atoms with E-state index < -0.39 is 6.09 Å². The first kappa shape index (κ1) is 13.0. The van der Waals surface area contributed by atoms with Gasteiger partial charge in [0.25, 0.3) is 5.91 Å². The van der Waals surface area contributed by atoms with E-state index in [9.17, 15) is 9.59 Å². The second-order valence-corrected chi connectivity index (χ2v) is 4.69. The lowest BCUT2D eigenvalue weighted by Gasteiger charge is -2.08. The molecule has 0 unspecified atom stereocenters. The van der Waals surface area contributed by atoms with Crippen molar-refractivity contribution in [2.45, 2.75) is 13.1 Å². The molecule has 0 fully saturated rings. The summed E-state index contributed by atoms with van der Waals surface area (Å²) in [5, 5.41) is 19.1. The molecule has 2 N–H and O–H groups in total. The van der Waals surface area contributed by atoms with E-state index >= 15 is 0 Å². The third-order valence-corrected chi connectivity index (χ3v) is 3.26. The summed E-state index contributed by atoms with van der Waals surface area (Å²) in [5.41, 5.74) is 2.69. The Bertz CT molecular complexity index is 703. The molecule has 7 nitrogen and oxygen atoms in total. The molecule has 0 bridgehead atoms. The van der Waals surface area contributed by atoms with Gasteiger partial charge in [0, 0.05) is 25.0 Å². The number of hydrogen-bond acceptors (Lipinski definition) is 4. The number of carboxylic acid groups (broad SMARTS) is 1. The van der Waals surface area contributed by atoms with E-state index in [4.69, 9.17) is 5.11 Å². The zero-order chi connectivity index (χ0) is 14.8. The molecule has 106 valence electrons. The van der Waals surface area contributed by atoms with E-state index in [-0.39, 0.29) is 11.6 Å². The van der Waals surface area contributed by atoms with Gasteiger partial charge in [0.15, 0.2) is 5.69 Å². The van der Waals surface area contributed by atoms with Gasteiger partial charge in [-0.2, -0.15) is 5.10 Å².